The molecule has 0 bridgehead atoms. The summed E-state index contributed by atoms with van der Waals surface area (Å²) in [7, 11) is 0. The number of carboxylic acids is 1. The molecule has 5 nitrogen and oxygen atoms in total. The number of aliphatic carboxylic acids is 1. The van der Waals surface area contributed by atoms with Gasteiger partial charge in [-0.25, -0.2) is 14.8 Å². The Morgan fingerprint density at radius 3 is 2.71 bits per heavy atom. The van der Waals surface area contributed by atoms with Crippen molar-refractivity contribution in [1.29, 1.82) is 0 Å². The van der Waals surface area contributed by atoms with Crippen molar-refractivity contribution in [1.82, 2.24) is 9.97 Å². The molecule has 2 aromatic rings. The first kappa shape index (κ1) is 13.5. The Hall–Kier alpha value is -2.43. The Labute approximate surface area is 123 Å². The Balaban J connectivity index is 1.72. The third-order valence-corrected chi connectivity index (χ3v) is 3.52. The second kappa shape index (κ2) is 5.91. The van der Waals surface area contributed by atoms with Gasteiger partial charge in [-0.3, -0.25) is 0 Å². The van der Waals surface area contributed by atoms with Crippen LogP contribution < -0.4 is 5.32 Å². The van der Waals surface area contributed by atoms with Crippen molar-refractivity contribution >= 4 is 11.8 Å². The van der Waals surface area contributed by atoms with Crippen LogP contribution in [0.4, 0.5) is 5.82 Å². The number of carboxylic acid groups (broad SMARTS) is 1. The molecule has 1 heterocycles. The van der Waals surface area contributed by atoms with Crippen molar-refractivity contribution < 1.29 is 9.90 Å². The molecule has 1 fully saturated rings. The highest BCUT2D eigenvalue weighted by Crippen LogP contribution is 2.38. The lowest BCUT2D eigenvalue weighted by Gasteiger charge is -2.15. The van der Waals surface area contributed by atoms with Gasteiger partial charge in [-0.2, -0.15) is 0 Å². The highest BCUT2D eigenvalue weighted by molar-refractivity contribution is 5.77. The molecule has 0 aliphatic heterocycles. The predicted octanol–water partition coefficient (Wildman–Crippen LogP) is 2.46. The normalized spacial score (nSPS) is 15.4. The maximum absolute atomic E-state index is 11.4. The van der Waals surface area contributed by atoms with Crippen LogP contribution in [0.15, 0.2) is 42.6 Å². The molecule has 108 valence electrons. The first-order chi connectivity index (χ1) is 10.2. The minimum absolute atomic E-state index is 0.416. The zero-order valence-corrected chi connectivity index (χ0v) is 11.6. The predicted molar refractivity (Wildman–Crippen MR) is 79.2 cm³/mol. The summed E-state index contributed by atoms with van der Waals surface area (Å²) in [6.07, 6.45) is 4.34. The average molecular weight is 283 g/mol. The number of rotatable bonds is 6. The van der Waals surface area contributed by atoms with Crippen molar-refractivity contribution in [3.63, 3.8) is 0 Å². The molecule has 0 radical (unpaired) electrons. The monoisotopic (exact) mass is 283 g/mol. The summed E-state index contributed by atoms with van der Waals surface area (Å²) in [6, 6.07) is 10.6. The molecular weight excluding hydrogens is 266 g/mol. The lowest BCUT2D eigenvalue weighted by Crippen LogP contribution is -2.32. The van der Waals surface area contributed by atoms with Crippen molar-refractivity contribution in [2.45, 2.75) is 31.2 Å². The number of nitrogens with one attached hydrogen (secondary N) is 1. The van der Waals surface area contributed by atoms with E-state index in [2.05, 4.69) is 15.3 Å². The zero-order chi connectivity index (χ0) is 14.7. The van der Waals surface area contributed by atoms with Crippen molar-refractivity contribution in [3.8, 4) is 0 Å². The van der Waals surface area contributed by atoms with Gasteiger partial charge in [0.05, 0.1) is 0 Å². The summed E-state index contributed by atoms with van der Waals surface area (Å²) < 4.78 is 0. The molecule has 1 saturated carbocycles. The largest absolute Gasteiger partial charge is 0.480 e. The summed E-state index contributed by atoms with van der Waals surface area (Å²) in [5.74, 6) is 0.952. The lowest BCUT2D eigenvalue weighted by molar-refractivity contribution is -0.137. The van der Waals surface area contributed by atoms with Crippen LogP contribution in [0.3, 0.4) is 0 Å². The van der Waals surface area contributed by atoms with Crippen LogP contribution >= 0.6 is 0 Å². The molecule has 2 N–H and O–H groups in total. The van der Waals surface area contributed by atoms with E-state index in [1.807, 2.05) is 30.3 Å². The summed E-state index contributed by atoms with van der Waals surface area (Å²) >= 11 is 0. The number of aromatic nitrogens is 2. The maximum atomic E-state index is 11.4. The van der Waals surface area contributed by atoms with Gasteiger partial charge < -0.3 is 10.4 Å². The second-order valence-electron chi connectivity index (χ2n) is 5.30. The van der Waals surface area contributed by atoms with Crippen LogP contribution in [-0.2, 0) is 11.2 Å². The number of benzene rings is 1. The van der Waals surface area contributed by atoms with Crippen molar-refractivity contribution in [2.24, 2.45) is 0 Å². The third kappa shape index (κ3) is 3.56. The second-order valence-corrected chi connectivity index (χ2v) is 5.30. The van der Waals surface area contributed by atoms with Crippen LogP contribution in [0.5, 0.6) is 0 Å². The molecule has 5 heteroatoms. The minimum Gasteiger partial charge on any atom is -0.480 e. The van der Waals surface area contributed by atoms with E-state index in [0.717, 1.165) is 24.2 Å². The van der Waals surface area contributed by atoms with E-state index in [1.165, 1.54) is 0 Å². The first-order valence-electron chi connectivity index (χ1n) is 7.08. The van der Waals surface area contributed by atoms with Crippen LogP contribution in [0.1, 0.15) is 30.1 Å². The fraction of sp³-hybridized carbons (Fsp3) is 0.312. The van der Waals surface area contributed by atoms with E-state index in [1.54, 1.807) is 12.3 Å². The Morgan fingerprint density at radius 1 is 1.29 bits per heavy atom. The number of nitrogens with zero attached hydrogens (tertiary/aromatic N) is 2. The SMILES string of the molecule is O=C(O)[C@H](Cc1ccccc1)Nc1ccnc(C2CC2)n1. The highest BCUT2D eigenvalue weighted by atomic mass is 16.4. The fourth-order valence-electron chi connectivity index (χ4n) is 2.22. The lowest BCUT2D eigenvalue weighted by atomic mass is 10.1. The molecule has 1 aromatic carbocycles. The topological polar surface area (TPSA) is 75.1 Å². The highest BCUT2D eigenvalue weighted by Gasteiger charge is 2.27. The molecule has 0 unspecified atom stereocenters. The summed E-state index contributed by atoms with van der Waals surface area (Å²) in [5.41, 5.74) is 0.980. The Morgan fingerprint density at radius 2 is 2.05 bits per heavy atom. The molecule has 0 saturated heterocycles. The number of hydrogen-bond donors (Lipinski definition) is 2. The Kier molecular flexibility index (Phi) is 3.81. The smallest absolute Gasteiger partial charge is 0.326 e. The first-order valence-corrected chi connectivity index (χ1v) is 7.08. The van der Waals surface area contributed by atoms with Gasteiger partial charge in [0.25, 0.3) is 0 Å². The average Bonchev–Trinajstić information content (AvgIpc) is 3.32. The molecule has 1 aliphatic rings. The molecule has 0 amide bonds. The fourth-order valence-corrected chi connectivity index (χ4v) is 2.22. The van der Waals surface area contributed by atoms with E-state index in [-0.39, 0.29) is 0 Å². The van der Waals surface area contributed by atoms with Crippen LogP contribution in [-0.4, -0.2) is 27.1 Å². The molecule has 3 rings (SSSR count). The third-order valence-electron chi connectivity index (χ3n) is 3.52. The summed E-state index contributed by atoms with van der Waals surface area (Å²) in [4.78, 5) is 20.1. The quantitative estimate of drug-likeness (QED) is 0.851. The van der Waals surface area contributed by atoms with E-state index in [4.69, 9.17) is 0 Å². The minimum atomic E-state index is -0.884. The van der Waals surface area contributed by atoms with E-state index in [9.17, 15) is 9.90 Å². The van der Waals surface area contributed by atoms with Gasteiger partial charge in [0, 0.05) is 18.5 Å². The number of hydrogen-bond acceptors (Lipinski definition) is 4. The molecule has 1 atom stereocenters. The van der Waals surface area contributed by atoms with Crippen molar-refractivity contribution in [3.05, 3.63) is 54.0 Å². The standard InChI is InChI=1S/C16H17N3O2/c20-16(21)13(10-11-4-2-1-3-5-11)18-14-8-9-17-15(19-14)12-6-7-12/h1-5,8-9,12-13H,6-7,10H2,(H,20,21)(H,17,18,19)/t13-/m0/s1. The van der Waals surface area contributed by atoms with Crippen molar-refractivity contribution in [2.75, 3.05) is 5.32 Å². The van der Waals surface area contributed by atoms with Gasteiger partial charge in [-0.15, -0.1) is 0 Å². The van der Waals surface area contributed by atoms with Gasteiger partial charge in [0.15, 0.2) is 0 Å². The Bertz CT molecular complexity index is 626. The number of carbonyl (C=O) groups is 1. The zero-order valence-electron chi connectivity index (χ0n) is 11.6. The maximum Gasteiger partial charge on any atom is 0.326 e. The van der Waals surface area contributed by atoms with E-state index >= 15 is 0 Å². The van der Waals surface area contributed by atoms with Gasteiger partial charge in [-0.1, -0.05) is 30.3 Å². The van der Waals surface area contributed by atoms with Gasteiger partial charge in [0.1, 0.15) is 17.7 Å². The van der Waals surface area contributed by atoms with Gasteiger partial charge in [0.2, 0.25) is 0 Å². The molecule has 21 heavy (non-hydrogen) atoms. The molecule has 0 spiro atoms. The molecule has 1 aromatic heterocycles. The number of anilines is 1. The van der Waals surface area contributed by atoms with E-state index < -0.39 is 12.0 Å². The van der Waals surface area contributed by atoms with E-state index in [0.29, 0.717) is 18.2 Å². The summed E-state index contributed by atoms with van der Waals surface area (Å²) in [6.45, 7) is 0. The van der Waals surface area contributed by atoms with Crippen LogP contribution in [0, 0.1) is 0 Å². The molecule has 1 aliphatic carbocycles. The molecular formula is C16H17N3O2. The van der Waals surface area contributed by atoms with Crippen LogP contribution in [0.25, 0.3) is 0 Å². The summed E-state index contributed by atoms with van der Waals surface area (Å²) in [5, 5.41) is 12.4. The van der Waals surface area contributed by atoms with Crippen LogP contribution in [0.2, 0.25) is 0 Å². The van der Waals surface area contributed by atoms with Gasteiger partial charge >= 0.3 is 5.97 Å². The van der Waals surface area contributed by atoms with Gasteiger partial charge in [-0.05, 0) is 24.5 Å².